The van der Waals surface area contributed by atoms with Crippen molar-refractivity contribution in [2.24, 2.45) is 0 Å². The second-order valence-corrected chi connectivity index (χ2v) is 5.61. The van der Waals surface area contributed by atoms with Crippen LogP contribution in [0.25, 0.3) is 0 Å². The van der Waals surface area contributed by atoms with Crippen molar-refractivity contribution in [3.8, 4) is 0 Å². The molecule has 8 heteroatoms. The maximum absolute atomic E-state index is 12.5. The average Bonchev–Trinajstić information content (AvgIpc) is 2.72. The molecule has 116 valence electrons. The predicted octanol–water partition coefficient (Wildman–Crippen LogP) is 0.219. The molecular formula is C14H16N4O4. The number of hydrogen-bond acceptors (Lipinski definition) is 4. The Hall–Kier alpha value is -2.64. The van der Waals surface area contributed by atoms with Crippen molar-refractivity contribution >= 4 is 17.8 Å². The fourth-order valence-electron chi connectivity index (χ4n) is 2.97. The highest BCUT2D eigenvalue weighted by molar-refractivity contribution is 6.09. The molecule has 1 saturated carbocycles. The molecule has 2 heterocycles. The minimum absolute atomic E-state index is 0.0719. The number of nitrogens with zero attached hydrogens (tertiary/aromatic N) is 2. The monoisotopic (exact) mass is 304 g/mol. The van der Waals surface area contributed by atoms with Gasteiger partial charge in [-0.15, -0.1) is 0 Å². The van der Waals surface area contributed by atoms with Crippen molar-refractivity contribution in [3.05, 3.63) is 35.3 Å². The summed E-state index contributed by atoms with van der Waals surface area (Å²) < 4.78 is 0.476. The van der Waals surface area contributed by atoms with E-state index < -0.39 is 23.4 Å². The summed E-state index contributed by atoms with van der Waals surface area (Å²) in [6.45, 7) is 0. The third kappa shape index (κ3) is 2.36. The van der Waals surface area contributed by atoms with E-state index in [4.69, 9.17) is 0 Å². The van der Waals surface area contributed by atoms with Crippen LogP contribution in [0.15, 0.2) is 24.5 Å². The van der Waals surface area contributed by atoms with E-state index in [-0.39, 0.29) is 5.56 Å². The summed E-state index contributed by atoms with van der Waals surface area (Å²) in [5, 5.41) is 14.6. The van der Waals surface area contributed by atoms with E-state index in [9.17, 15) is 19.6 Å². The van der Waals surface area contributed by atoms with Crippen LogP contribution in [-0.2, 0) is 4.79 Å². The van der Waals surface area contributed by atoms with E-state index in [0.29, 0.717) is 17.6 Å². The number of imide groups is 1. The van der Waals surface area contributed by atoms with Crippen LogP contribution < -0.4 is 15.5 Å². The van der Waals surface area contributed by atoms with E-state index >= 15 is 0 Å². The number of aromatic nitrogens is 1. The molecule has 1 aromatic rings. The van der Waals surface area contributed by atoms with Gasteiger partial charge in [0.1, 0.15) is 11.1 Å². The Morgan fingerprint density at radius 2 is 2.05 bits per heavy atom. The minimum Gasteiger partial charge on any atom is -0.619 e. The molecule has 1 aromatic heterocycles. The number of carbonyl (C=O) groups is 3. The van der Waals surface area contributed by atoms with Gasteiger partial charge < -0.3 is 10.5 Å². The number of amides is 4. The van der Waals surface area contributed by atoms with Crippen molar-refractivity contribution < 1.29 is 19.1 Å². The molecule has 4 amide bonds. The van der Waals surface area contributed by atoms with Gasteiger partial charge in [0, 0.05) is 6.07 Å². The lowest BCUT2D eigenvalue weighted by Crippen LogP contribution is -2.51. The van der Waals surface area contributed by atoms with E-state index in [2.05, 4.69) is 10.7 Å². The van der Waals surface area contributed by atoms with Crippen molar-refractivity contribution in [2.75, 3.05) is 0 Å². The highest BCUT2D eigenvalue weighted by Gasteiger charge is 2.52. The largest absolute Gasteiger partial charge is 0.619 e. The average molecular weight is 304 g/mol. The second kappa shape index (κ2) is 5.28. The zero-order valence-corrected chi connectivity index (χ0v) is 11.9. The molecule has 22 heavy (non-hydrogen) atoms. The van der Waals surface area contributed by atoms with Gasteiger partial charge in [0.2, 0.25) is 0 Å². The third-order valence-corrected chi connectivity index (χ3v) is 4.12. The molecule has 1 aliphatic heterocycles. The zero-order chi connectivity index (χ0) is 15.7. The standard InChI is InChI=1S/C14H16N4O4/c19-11(10-5-4-8-17(22)9-10)16-18-12(20)14(15-13(18)21)6-2-1-3-7-14/h4-5,8-9H,1-3,6-7H2,(H,15,21)(H,16,19). The van der Waals surface area contributed by atoms with Crippen LogP contribution in [0.1, 0.15) is 42.5 Å². The summed E-state index contributed by atoms with van der Waals surface area (Å²) >= 11 is 0. The first kappa shape index (κ1) is 14.3. The van der Waals surface area contributed by atoms with Gasteiger partial charge in [-0.05, 0) is 18.9 Å². The van der Waals surface area contributed by atoms with Crippen LogP contribution in [0.2, 0.25) is 0 Å². The molecule has 0 atom stereocenters. The molecular weight excluding hydrogens is 288 g/mol. The topological polar surface area (TPSA) is 105 Å². The minimum atomic E-state index is -0.891. The maximum atomic E-state index is 12.5. The SMILES string of the molecule is O=C(NN1C(=O)NC2(CCCCC2)C1=O)c1ccc[n+]([O-])c1. The number of nitrogens with one attached hydrogen (secondary N) is 2. The number of urea groups is 1. The molecule has 2 N–H and O–H groups in total. The summed E-state index contributed by atoms with van der Waals surface area (Å²) in [4.78, 5) is 36.6. The molecule has 0 aromatic carbocycles. The van der Waals surface area contributed by atoms with Gasteiger partial charge in [0.15, 0.2) is 12.4 Å². The van der Waals surface area contributed by atoms with E-state index in [1.165, 1.54) is 18.3 Å². The smallest absolute Gasteiger partial charge is 0.344 e. The molecule has 3 rings (SSSR count). The number of pyridine rings is 1. The Labute approximate surface area is 126 Å². The Morgan fingerprint density at radius 3 is 2.73 bits per heavy atom. The highest BCUT2D eigenvalue weighted by Crippen LogP contribution is 2.32. The van der Waals surface area contributed by atoms with Gasteiger partial charge in [0.05, 0.1) is 0 Å². The summed E-state index contributed by atoms with van der Waals surface area (Å²) in [5.41, 5.74) is 1.45. The molecule has 0 unspecified atom stereocenters. The van der Waals surface area contributed by atoms with Crippen LogP contribution in [0.3, 0.4) is 0 Å². The lowest BCUT2D eigenvalue weighted by Gasteiger charge is -2.30. The maximum Gasteiger partial charge on any atom is 0.344 e. The van der Waals surface area contributed by atoms with E-state index in [0.717, 1.165) is 30.5 Å². The molecule has 0 bridgehead atoms. The van der Waals surface area contributed by atoms with Crippen molar-refractivity contribution in [1.82, 2.24) is 15.8 Å². The zero-order valence-electron chi connectivity index (χ0n) is 11.9. The molecule has 1 spiro atoms. The van der Waals surface area contributed by atoms with Gasteiger partial charge in [-0.3, -0.25) is 15.0 Å². The molecule has 1 saturated heterocycles. The van der Waals surface area contributed by atoms with Gasteiger partial charge in [-0.25, -0.2) is 4.79 Å². The Balaban J connectivity index is 1.76. The van der Waals surface area contributed by atoms with E-state index in [1.54, 1.807) is 0 Å². The van der Waals surface area contributed by atoms with Crippen molar-refractivity contribution in [3.63, 3.8) is 0 Å². The second-order valence-electron chi connectivity index (χ2n) is 5.61. The first-order valence-corrected chi connectivity index (χ1v) is 7.18. The first-order valence-electron chi connectivity index (χ1n) is 7.18. The molecule has 2 aliphatic rings. The summed E-state index contributed by atoms with van der Waals surface area (Å²) in [5.74, 6) is -1.11. The first-order chi connectivity index (χ1) is 10.5. The number of hydrogen-bond donors (Lipinski definition) is 2. The fourth-order valence-corrected chi connectivity index (χ4v) is 2.97. The van der Waals surface area contributed by atoms with Gasteiger partial charge in [-0.1, -0.05) is 19.3 Å². The molecule has 0 radical (unpaired) electrons. The fraction of sp³-hybridized carbons (Fsp3) is 0.429. The van der Waals surface area contributed by atoms with Crippen molar-refractivity contribution in [2.45, 2.75) is 37.6 Å². The predicted molar refractivity (Wildman–Crippen MR) is 74.1 cm³/mol. The third-order valence-electron chi connectivity index (χ3n) is 4.12. The number of rotatable bonds is 2. The van der Waals surface area contributed by atoms with Crippen LogP contribution >= 0.6 is 0 Å². The quantitative estimate of drug-likeness (QED) is 0.463. The summed E-state index contributed by atoms with van der Waals surface area (Å²) in [6.07, 6.45) is 6.23. The Kier molecular flexibility index (Phi) is 3.44. The Morgan fingerprint density at radius 1 is 1.32 bits per heavy atom. The summed E-state index contributed by atoms with van der Waals surface area (Å²) in [7, 11) is 0. The van der Waals surface area contributed by atoms with E-state index in [1.807, 2.05) is 0 Å². The summed E-state index contributed by atoms with van der Waals surface area (Å²) in [6, 6.07) is 2.21. The van der Waals surface area contributed by atoms with Crippen LogP contribution in [-0.4, -0.2) is 28.4 Å². The normalized spacial score (nSPS) is 20.1. The van der Waals surface area contributed by atoms with Crippen LogP contribution in [0.5, 0.6) is 0 Å². The lowest BCUT2D eigenvalue weighted by atomic mass is 9.82. The highest BCUT2D eigenvalue weighted by atomic mass is 16.5. The molecule has 1 aliphatic carbocycles. The number of carbonyl (C=O) groups excluding carboxylic acids is 3. The van der Waals surface area contributed by atoms with Crippen LogP contribution in [0, 0.1) is 5.21 Å². The van der Waals surface area contributed by atoms with Gasteiger partial charge in [-0.2, -0.15) is 9.74 Å². The van der Waals surface area contributed by atoms with Crippen LogP contribution in [0.4, 0.5) is 4.79 Å². The molecule has 2 fully saturated rings. The van der Waals surface area contributed by atoms with Gasteiger partial charge >= 0.3 is 6.03 Å². The van der Waals surface area contributed by atoms with Crippen molar-refractivity contribution in [1.29, 1.82) is 0 Å². The number of hydrazine groups is 1. The molecule has 8 nitrogen and oxygen atoms in total. The van der Waals surface area contributed by atoms with Gasteiger partial charge in [0.25, 0.3) is 11.8 Å². The Bertz CT molecular complexity index is 639. The lowest BCUT2D eigenvalue weighted by molar-refractivity contribution is -0.605.